The molecule has 0 bridgehead atoms. The number of nitriles is 1. The summed E-state index contributed by atoms with van der Waals surface area (Å²) in [6.45, 7) is 10.1. The predicted molar refractivity (Wildman–Crippen MR) is 192 cm³/mol. The van der Waals surface area contributed by atoms with Gasteiger partial charge in [-0.25, -0.2) is 9.07 Å². The number of pyridine rings is 1. The van der Waals surface area contributed by atoms with Gasteiger partial charge < -0.3 is 16.0 Å². The van der Waals surface area contributed by atoms with Crippen LogP contribution in [-0.4, -0.2) is 49.4 Å². The van der Waals surface area contributed by atoms with Gasteiger partial charge in [-0.15, -0.1) is 5.10 Å². The third-order valence-corrected chi connectivity index (χ3v) is 9.20. The lowest BCUT2D eigenvalue weighted by Gasteiger charge is -2.40. The highest BCUT2D eigenvalue weighted by atomic mass is 35.5. The third-order valence-electron chi connectivity index (χ3n) is 8.70. The second-order valence-corrected chi connectivity index (χ2v) is 14.0. The summed E-state index contributed by atoms with van der Waals surface area (Å²) in [7, 11) is 0. The van der Waals surface area contributed by atoms with Crippen LogP contribution in [0.3, 0.4) is 0 Å². The van der Waals surface area contributed by atoms with Crippen LogP contribution in [0.25, 0.3) is 10.9 Å². The Kier molecular flexibility index (Phi) is 9.75. The zero-order valence-electron chi connectivity index (χ0n) is 27.6. The van der Waals surface area contributed by atoms with Crippen molar-refractivity contribution in [3.63, 3.8) is 0 Å². The first-order chi connectivity index (χ1) is 23.4. The lowest BCUT2D eigenvalue weighted by molar-refractivity contribution is -0.114. The van der Waals surface area contributed by atoms with Crippen molar-refractivity contribution < 1.29 is 9.18 Å². The van der Waals surface area contributed by atoms with Gasteiger partial charge in [0.25, 0.3) is 0 Å². The van der Waals surface area contributed by atoms with Gasteiger partial charge in [-0.05, 0) is 81.6 Å². The van der Waals surface area contributed by atoms with Crippen LogP contribution < -0.4 is 16.0 Å². The number of amides is 1. The molecular weight excluding hydrogens is 664 g/mol. The highest BCUT2D eigenvalue weighted by Crippen LogP contribution is 2.38. The van der Waals surface area contributed by atoms with E-state index < -0.39 is 11.9 Å². The molecule has 252 valence electrons. The molecule has 0 radical (unpaired) electrons. The first-order valence-electron chi connectivity index (χ1n) is 15.9. The Bertz CT molecular complexity index is 2060. The maximum atomic E-state index is 13.9. The van der Waals surface area contributed by atoms with Gasteiger partial charge in [0.2, 0.25) is 5.91 Å². The van der Waals surface area contributed by atoms with Crippen LogP contribution in [-0.2, 0) is 4.79 Å². The molecule has 1 aliphatic heterocycles. The molecule has 6 rings (SSSR count). The molecule has 1 saturated heterocycles. The molecule has 2 aromatic heterocycles. The number of nitrogens with zero attached hydrogens (tertiary/aromatic N) is 6. The number of likely N-dealkylation sites (tertiary alicyclic amines) is 1. The van der Waals surface area contributed by atoms with E-state index in [1.165, 1.54) is 31.3 Å². The van der Waals surface area contributed by atoms with E-state index in [0.29, 0.717) is 44.4 Å². The Morgan fingerprint density at radius 2 is 1.86 bits per heavy atom. The fourth-order valence-corrected chi connectivity index (χ4v) is 6.60. The number of carbonyl (C=O) groups is 1. The van der Waals surface area contributed by atoms with E-state index in [-0.39, 0.29) is 28.1 Å². The molecule has 0 spiro atoms. The summed E-state index contributed by atoms with van der Waals surface area (Å²) in [6.07, 6.45) is 5.35. The SMILES string of the molecule is CC(=O)Nc1cccc([C@H](Nc2cc(Cl)cc3c(Nc4ccc(F)c(Cl)c4)c(C#N)cnc23)c2cn(C3CCN(C(C)(C)C)CC3)nn2)c1. The zero-order chi connectivity index (χ0) is 34.9. The molecule has 3 aromatic carbocycles. The van der Waals surface area contributed by atoms with Gasteiger partial charge in [-0.2, -0.15) is 5.26 Å². The van der Waals surface area contributed by atoms with Crippen LogP contribution in [0.2, 0.25) is 10.0 Å². The van der Waals surface area contributed by atoms with Gasteiger partial charge in [0.1, 0.15) is 17.6 Å². The number of rotatable bonds is 8. The summed E-state index contributed by atoms with van der Waals surface area (Å²) in [4.78, 5) is 19.1. The summed E-state index contributed by atoms with van der Waals surface area (Å²) in [5.41, 5.74) is 4.54. The second-order valence-electron chi connectivity index (χ2n) is 13.2. The Morgan fingerprint density at radius 3 is 2.55 bits per heavy atom. The molecule has 0 saturated carbocycles. The van der Waals surface area contributed by atoms with E-state index in [4.69, 9.17) is 23.2 Å². The van der Waals surface area contributed by atoms with Crippen LogP contribution in [0, 0.1) is 17.1 Å². The standard InChI is InChI=1S/C36H36Cl2FN9O/c1-21(49)42-25-7-5-6-22(14-25)34(32-20-48(46-45-32)27-10-12-47(13-11-27)36(2,3)4)44-31-16-24(37)15-28-33(23(18-40)19-41-35(28)31)43-26-8-9-30(39)29(38)17-26/h5-9,14-17,19-20,27,34,44H,10-13H2,1-4H3,(H,41,43)(H,42,49)/t34-/m0/s1. The molecule has 1 fully saturated rings. The Hall–Kier alpha value is -4.76. The summed E-state index contributed by atoms with van der Waals surface area (Å²) in [6, 6.07) is 17.1. The van der Waals surface area contributed by atoms with E-state index in [9.17, 15) is 14.4 Å². The van der Waals surface area contributed by atoms with E-state index in [2.05, 4.69) is 63.0 Å². The van der Waals surface area contributed by atoms with Gasteiger partial charge in [-0.3, -0.25) is 14.7 Å². The molecule has 13 heteroatoms. The Morgan fingerprint density at radius 1 is 1.08 bits per heavy atom. The molecule has 3 heterocycles. The number of hydrogen-bond acceptors (Lipinski definition) is 8. The van der Waals surface area contributed by atoms with Crippen LogP contribution >= 0.6 is 23.2 Å². The minimum absolute atomic E-state index is 0.0561. The molecule has 5 aromatic rings. The van der Waals surface area contributed by atoms with Crippen molar-refractivity contribution in [3.05, 3.63) is 99.7 Å². The average Bonchev–Trinajstić information content (AvgIpc) is 3.55. The highest BCUT2D eigenvalue weighted by Gasteiger charge is 2.29. The molecule has 3 N–H and O–H groups in total. The number of halogens is 3. The van der Waals surface area contributed by atoms with Gasteiger partial charge in [0.05, 0.1) is 45.8 Å². The minimum atomic E-state index is -0.553. The largest absolute Gasteiger partial charge is 0.371 e. The van der Waals surface area contributed by atoms with Crippen molar-refractivity contribution in [1.82, 2.24) is 24.9 Å². The fraction of sp³-hybridized carbons (Fsp3) is 0.306. The Balaban J connectivity index is 1.40. The van der Waals surface area contributed by atoms with Crippen molar-refractivity contribution in [2.24, 2.45) is 0 Å². The maximum Gasteiger partial charge on any atom is 0.221 e. The van der Waals surface area contributed by atoms with Crippen molar-refractivity contribution in [2.45, 2.75) is 58.2 Å². The second kappa shape index (κ2) is 14.0. The molecule has 49 heavy (non-hydrogen) atoms. The van der Waals surface area contributed by atoms with Crippen molar-refractivity contribution in [3.8, 4) is 6.07 Å². The van der Waals surface area contributed by atoms with E-state index in [1.54, 1.807) is 12.1 Å². The molecular formula is C36H36Cl2FN9O. The molecule has 10 nitrogen and oxygen atoms in total. The molecule has 0 unspecified atom stereocenters. The van der Waals surface area contributed by atoms with Gasteiger partial charge in [0, 0.05) is 53.5 Å². The summed E-state index contributed by atoms with van der Waals surface area (Å²) in [5, 5.41) is 29.8. The van der Waals surface area contributed by atoms with E-state index >= 15 is 0 Å². The van der Waals surface area contributed by atoms with Crippen molar-refractivity contribution in [1.29, 1.82) is 5.26 Å². The van der Waals surface area contributed by atoms with Crippen LogP contribution in [0.4, 0.5) is 27.1 Å². The molecule has 1 amide bonds. The lowest BCUT2D eigenvalue weighted by Crippen LogP contribution is -2.46. The number of hydrogen-bond donors (Lipinski definition) is 3. The number of piperidine rings is 1. The maximum absolute atomic E-state index is 13.9. The average molecular weight is 701 g/mol. The fourth-order valence-electron chi connectivity index (χ4n) is 6.20. The number of benzene rings is 3. The molecule has 1 aliphatic rings. The summed E-state index contributed by atoms with van der Waals surface area (Å²) in [5.74, 6) is -0.738. The monoisotopic (exact) mass is 699 g/mol. The van der Waals surface area contributed by atoms with Crippen LogP contribution in [0.15, 0.2) is 67.0 Å². The van der Waals surface area contributed by atoms with Crippen molar-refractivity contribution >= 4 is 62.8 Å². The predicted octanol–water partition coefficient (Wildman–Crippen LogP) is 8.48. The number of anilines is 4. The van der Waals surface area contributed by atoms with Crippen LogP contribution in [0.1, 0.15) is 69.4 Å². The quantitative estimate of drug-likeness (QED) is 0.147. The number of aromatic nitrogens is 4. The first-order valence-corrected chi connectivity index (χ1v) is 16.7. The summed E-state index contributed by atoms with van der Waals surface area (Å²) < 4.78 is 15.9. The Labute approximate surface area is 294 Å². The van der Waals surface area contributed by atoms with Crippen LogP contribution in [0.5, 0.6) is 0 Å². The first kappa shape index (κ1) is 34.1. The summed E-state index contributed by atoms with van der Waals surface area (Å²) >= 11 is 12.8. The normalized spacial score (nSPS) is 14.7. The molecule has 0 aliphatic carbocycles. The van der Waals surface area contributed by atoms with E-state index in [1.807, 2.05) is 35.1 Å². The van der Waals surface area contributed by atoms with Gasteiger partial charge >= 0.3 is 0 Å². The topological polar surface area (TPSA) is 124 Å². The van der Waals surface area contributed by atoms with E-state index in [0.717, 1.165) is 31.5 Å². The van der Waals surface area contributed by atoms with Crippen molar-refractivity contribution in [2.75, 3.05) is 29.0 Å². The number of carbonyl (C=O) groups excluding carboxylic acids is 1. The third kappa shape index (κ3) is 7.62. The molecule has 1 atom stereocenters. The van der Waals surface area contributed by atoms with Gasteiger partial charge in [-0.1, -0.05) is 40.5 Å². The number of fused-ring (bicyclic) bond motifs is 1. The smallest absolute Gasteiger partial charge is 0.221 e. The highest BCUT2D eigenvalue weighted by molar-refractivity contribution is 6.32. The lowest BCUT2D eigenvalue weighted by atomic mass is 9.98. The minimum Gasteiger partial charge on any atom is -0.371 e. The van der Waals surface area contributed by atoms with Gasteiger partial charge in [0.15, 0.2) is 0 Å². The number of nitrogens with one attached hydrogen (secondary N) is 3. The zero-order valence-corrected chi connectivity index (χ0v) is 29.1.